The van der Waals surface area contributed by atoms with Crippen molar-refractivity contribution in [3.8, 4) is 0 Å². The first kappa shape index (κ1) is 19.6. The Bertz CT molecular complexity index is 983. The van der Waals surface area contributed by atoms with Crippen molar-refractivity contribution < 1.29 is 14.4 Å². The van der Waals surface area contributed by atoms with Gasteiger partial charge in [-0.1, -0.05) is 46.3 Å². The van der Waals surface area contributed by atoms with Gasteiger partial charge < -0.3 is 10.6 Å². The third-order valence-corrected chi connectivity index (χ3v) is 6.04. The first-order chi connectivity index (χ1) is 14.0. The minimum Gasteiger partial charge on any atom is -0.329 e. The van der Waals surface area contributed by atoms with Gasteiger partial charge in [0.15, 0.2) is 5.78 Å². The molecule has 4 rings (SSSR count). The number of amides is 2. The summed E-state index contributed by atoms with van der Waals surface area (Å²) in [7, 11) is 0. The van der Waals surface area contributed by atoms with Crippen LogP contribution in [0.4, 0.5) is 5.69 Å². The molecule has 0 saturated heterocycles. The molecule has 0 bridgehead atoms. The van der Waals surface area contributed by atoms with Crippen LogP contribution in [0.15, 0.2) is 70.3 Å². The Kier molecular flexibility index (Phi) is 5.62. The molecular weight excluding hydrogens is 432 g/mol. The Morgan fingerprint density at radius 1 is 1.00 bits per heavy atom. The first-order valence-electron chi connectivity index (χ1n) is 9.66. The maximum atomic E-state index is 12.8. The Morgan fingerprint density at radius 3 is 2.45 bits per heavy atom. The zero-order chi connectivity index (χ0) is 20.4. The minimum absolute atomic E-state index is 0.0497. The van der Waals surface area contributed by atoms with Gasteiger partial charge in [-0.05, 0) is 48.6 Å². The van der Waals surface area contributed by atoms with Gasteiger partial charge in [-0.2, -0.15) is 0 Å². The summed E-state index contributed by atoms with van der Waals surface area (Å²) in [4.78, 5) is 37.7. The summed E-state index contributed by atoms with van der Waals surface area (Å²) in [6.45, 7) is 0. The molecule has 6 heteroatoms. The van der Waals surface area contributed by atoms with Crippen LogP contribution in [0.3, 0.4) is 0 Å². The molecule has 2 atom stereocenters. The fourth-order valence-corrected chi connectivity index (χ4v) is 4.27. The van der Waals surface area contributed by atoms with Crippen LogP contribution >= 0.6 is 15.9 Å². The standard InChI is InChI=1S/C23H21BrN2O3/c24-17-6-8-18(9-7-17)25-22(28)13-16-10-19-20(26-23(16)29)11-15(12-21(19)27)14-4-2-1-3-5-14/h1-9,15-16H,10-13H2,(H,25,28)(H,26,29). The van der Waals surface area contributed by atoms with Crippen LogP contribution in [0, 0.1) is 5.92 Å². The number of hydrogen-bond acceptors (Lipinski definition) is 3. The zero-order valence-corrected chi connectivity index (χ0v) is 17.4. The van der Waals surface area contributed by atoms with Crippen molar-refractivity contribution in [1.29, 1.82) is 0 Å². The molecule has 2 unspecified atom stereocenters. The van der Waals surface area contributed by atoms with E-state index >= 15 is 0 Å². The quantitative estimate of drug-likeness (QED) is 0.725. The molecule has 29 heavy (non-hydrogen) atoms. The molecule has 5 nitrogen and oxygen atoms in total. The topological polar surface area (TPSA) is 75.3 Å². The highest BCUT2D eigenvalue weighted by molar-refractivity contribution is 9.10. The normalized spacial score (nSPS) is 21.4. The highest BCUT2D eigenvalue weighted by Crippen LogP contribution is 2.38. The van der Waals surface area contributed by atoms with Crippen molar-refractivity contribution in [2.24, 2.45) is 5.92 Å². The summed E-state index contributed by atoms with van der Waals surface area (Å²) < 4.78 is 0.922. The number of carbonyl (C=O) groups excluding carboxylic acids is 3. The lowest BCUT2D eigenvalue weighted by Gasteiger charge is -2.33. The molecule has 2 N–H and O–H groups in total. The summed E-state index contributed by atoms with van der Waals surface area (Å²) in [6.07, 6.45) is 1.47. The molecule has 2 aromatic carbocycles. The van der Waals surface area contributed by atoms with Crippen LogP contribution in [-0.2, 0) is 14.4 Å². The van der Waals surface area contributed by atoms with Gasteiger partial charge in [-0.3, -0.25) is 14.4 Å². The van der Waals surface area contributed by atoms with Crippen LogP contribution in [0.5, 0.6) is 0 Å². The second-order valence-corrected chi connectivity index (χ2v) is 8.46. The van der Waals surface area contributed by atoms with Crippen LogP contribution < -0.4 is 10.6 Å². The SMILES string of the molecule is O=C(CC1CC2=C(CC(c3ccccc3)CC2=O)NC1=O)Nc1ccc(Br)cc1. The Labute approximate surface area is 177 Å². The Morgan fingerprint density at radius 2 is 1.72 bits per heavy atom. The van der Waals surface area contributed by atoms with Gasteiger partial charge in [0.05, 0.1) is 5.92 Å². The van der Waals surface area contributed by atoms with Gasteiger partial charge in [0.2, 0.25) is 11.8 Å². The molecule has 2 amide bonds. The second-order valence-electron chi connectivity index (χ2n) is 7.55. The molecular formula is C23H21BrN2O3. The number of benzene rings is 2. The lowest BCUT2D eigenvalue weighted by Crippen LogP contribution is -2.41. The highest BCUT2D eigenvalue weighted by atomic mass is 79.9. The number of ketones is 1. The minimum atomic E-state index is -0.526. The summed E-state index contributed by atoms with van der Waals surface area (Å²) in [5, 5.41) is 5.72. The number of allylic oxidation sites excluding steroid dienone is 2. The fourth-order valence-electron chi connectivity index (χ4n) is 4.01. The maximum Gasteiger partial charge on any atom is 0.228 e. The van der Waals surface area contributed by atoms with Gasteiger partial charge in [0, 0.05) is 34.3 Å². The Hall–Kier alpha value is -2.73. The predicted molar refractivity (Wildman–Crippen MR) is 114 cm³/mol. The third-order valence-electron chi connectivity index (χ3n) is 5.51. The number of rotatable bonds is 4. The molecule has 0 saturated carbocycles. The van der Waals surface area contributed by atoms with Crippen molar-refractivity contribution in [3.05, 3.63) is 75.9 Å². The molecule has 2 aliphatic rings. The van der Waals surface area contributed by atoms with Crippen molar-refractivity contribution >= 4 is 39.2 Å². The number of halogens is 1. The maximum absolute atomic E-state index is 12.8. The molecule has 2 aromatic rings. The molecule has 0 radical (unpaired) electrons. The van der Waals surface area contributed by atoms with Gasteiger partial charge in [-0.15, -0.1) is 0 Å². The number of hydrogen-bond donors (Lipinski definition) is 2. The fraction of sp³-hybridized carbons (Fsp3) is 0.261. The van der Waals surface area contributed by atoms with E-state index in [1.165, 1.54) is 0 Å². The zero-order valence-electron chi connectivity index (χ0n) is 15.8. The summed E-state index contributed by atoms with van der Waals surface area (Å²) in [5.74, 6) is -0.794. The first-order valence-corrected chi connectivity index (χ1v) is 10.5. The van der Waals surface area contributed by atoms with E-state index in [4.69, 9.17) is 0 Å². The van der Waals surface area contributed by atoms with E-state index in [1.54, 1.807) is 12.1 Å². The smallest absolute Gasteiger partial charge is 0.228 e. The van der Waals surface area contributed by atoms with Crippen molar-refractivity contribution in [2.45, 2.75) is 31.6 Å². The van der Waals surface area contributed by atoms with Crippen LogP contribution in [0.2, 0.25) is 0 Å². The van der Waals surface area contributed by atoms with Crippen molar-refractivity contribution in [3.63, 3.8) is 0 Å². The van der Waals surface area contributed by atoms with E-state index in [9.17, 15) is 14.4 Å². The lowest BCUT2D eigenvalue weighted by atomic mass is 9.77. The van der Waals surface area contributed by atoms with Crippen molar-refractivity contribution in [2.75, 3.05) is 5.32 Å². The predicted octanol–water partition coefficient (Wildman–Crippen LogP) is 4.31. The van der Waals surface area contributed by atoms with E-state index in [-0.39, 0.29) is 29.9 Å². The number of Topliss-reactive ketones (excluding diaryl/α,β-unsaturated/α-hetero) is 1. The molecule has 148 valence electrons. The summed E-state index contributed by atoms with van der Waals surface area (Å²) in [5.41, 5.74) is 3.19. The molecule has 0 spiro atoms. The number of nitrogens with one attached hydrogen (secondary N) is 2. The van der Waals surface area contributed by atoms with E-state index in [0.29, 0.717) is 30.5 Å². The lowest BCUT2D eigenvalue weighted by molar-refractivity contribution is -0.129. The summed E-state index contributed by atoms with van der Waals surface area (Å²) >= 11 is 3.35. The number of anilines is 1. The Balaban J connectivity index is 1.43. The van der Waals surface area contributed by atoms with E-state index in [0.717, 1.165) is 15.7 Å². The third kappa shape index (κ3) is 4.48. The molecule has 1 aliphatic carbocycles. The van der Waals surface area contributed by atoms with Crippen LogP contribution in [-0.4, -0.2) is 17.6 Å². The molecule has 0 fully saturated rings. The van der Waals surface area contributed by atoms with E-state index in [1.807, 2.05) is 42.5 Å². The van der Waals surface area contributed by atoms with Gasteiger partial charge >= 0.3 is 0 Å². The molecule has 1 aliphatic heterocycles. The second kappa shape index (κ2) is 8.33. The van der Waals surface area contributed by atoms with E-state index < -0.39 is 5.92 Å². The average Bonchev–Trinajstić information content (AvgIpc) is 2.71. The van der Waals surface area contributed by atoms with E-state index in [2.05, 4.69) is 26.6 Å². The van der Waals surface area contributed by atoms with Gasteiger partial charge in [0.25, 0.3) is 0 Å². The monoisotopic (exact) mass is 452 g/mol. The molecule has 0 aromatic heterocycles. The summed E-state index contributed by atoms with van der Waals surface area (Å²) in [6, 6.07) is 17.2. The van der Waals surface area contributed by atoms with Gasteiger partial charge in [-0.25, -0.2) is 0 Å². The molecule has 1 heterocycles. The largest absolute Gasteiger partial charge is 0.329 e. The van der Waals surface area contributed by atoms with Gasteiger partial charge in [0.1, 0.15) is 0 Å². The number of carbonyl (C=O) groups is 3. The average molecular weight is 453 g/mol. The highest BCUT2D eigenvalue weighted by Gasteiger charge is 2.37. The van der Waals surface area contributed by atoms with Crippen LogP contribution in [0.25, 0.3) is 0 Å². The van der Waals surface area contributed by atoms with Crippen molar-refractivity contribution in [1.82, 2.24) is 5.32 Å². The van der Waals surface area contributed by atoms with Crippen LogP contribution in [0.1, 0.15) is 37.2 Å².